The van der Waals surface area contributed by atoms with Crippen molar-refractivity contribution in [3.8, 4) is 0 Å². The van der Waals surface area contributed by atoms with Crippen molar-refractivity contribution in [3.05, 3.63) is 98.4 Å². The lowest BCUT2D eigenvalue weighted by atomic mass is 10.1. The van der Waals surface area contributed by atoms with Crippen molar-refractivity contribution in [2.75, 3.05) is 4.90 Å². The Morgan fingerprint density at radius 1 is 0.800 bits per heavy atom. The van der Waals surface area contributed by atoms with Crippen molar-refractivity contribution in [3.63, 3.8) is 0 Å². The SMILES string of the molecule is Cc1ccc(N2C(=O)C(Sc3ccccc3)=C(c3ccc(Cl)cc3Cl)C2=O)cc1C. The highest BCUT2D eigenvalue weighted by molar-refractivity contribution is 8.04. The lowest BCUT2D eigenvalue weighted by Crippen LogP contribution is -2.31. The molecule has 2 amide bonds. The fourth-order valence-electron chi connectivity index (χ4n) is 3.24. The molecule has 30 heavy (non-hydrogen) atoms. The lowest BCUT2D eigenvalue weighted by molar-refractivity contribution is -0.119. The smallest absolute Gasteiger partial charge is 0.268 e. The standard InChI is InChI=1S/C24H17Cl2NO2S/c1-14-8-10-17(12-15(14)2)27-23(28)21(19-11-9-16(25)13-20(19)26)22(24(27)29)30-18-6-4-3-5-7-18/h3-13H,1-2H3. The van der Waals surface area contributed by atoms with Crippen molar-refractivity contribution in [1.82, 2.24) is 0 Å². The van der Waals surface area contributed by atoms with E-state index in [0.29, 0.717) is 26.2 Å². The van der Waals surface area contributed by atoms with Gasteiger partial charge in [-0.15, -0.1) is 0 Å². The number of carbonyl (C=O) groups is 2. The second-order valence-corrected chi connectivity index (χ2v) is 8.89. The third-order valence-electron chi connectivity index (χ3n) is 4.95. The third kappa shape index (κ3) is 3.79. The van der Waals surface area contributed by atoms with Crippen molar-refractivity contribution < 1.29 is 9.59 Å². The van der Waals surface area contributed by atoms with Crippen LogP contribution in [0.5, 0.6) is 0 Å². The number of rotatable bonds is 4. The number of imide groups is 1. The molecule has 3 aromatic carbocycles. The largest absolute Gasteiger partial charge is 0.272 e. The molecular weight excluding hydrogens is 437 g/mol. The molecule has 1 heterocycles. The number of hydrogen-bond acceptors (Lipinski definition) is 3. The molecule has 3 nitrogen and oxygen atoms in total. The molecule has 6 heteroatoms. The van der Waals surface area contributed by atoms with E-state index in [1.807, 2.05) is 56.3 Å². The first-order valence-electron chi connectivity index (χ1n) is 9.25. The quantitative estimate of drug-likeness (QED) is 0.413. The Balaban J connectivity index is 1.86. The first-order chi connectivity index (χ1) is 14.4. The molecule has 1 aliphatic heterocycles. The van der Waals surface area contributed by atoms with Crippen LogP contribution in [0.1, 0.15) is 16.7 Å². The number of hydrogen-bond donors (Lipinski definition) is 0. The summed E-state index contributed by atoms with van der Waals surface area (Å²) in [7, 11) is 0. The van der Waals surface area contributed by atoms with Gasteiger partial charge in [0.15, 0.2) is 0 Å². The summed E-state index contributed by atoms with van der Waals surface area (Å²) in [6.07, 6.45) is 0. The molecule has 0 radical (unpaired) electrons. The Hall–Kier alpha value is -2.53. The van der Waals surface area contributed by atoms with Crippen molar-refractivity contribution >= 4 is 58.0 Å². The molecule has 0 aliphatic carbocycles. The number of carbonyl (C=O) groups excluding carboxylic acids is 2. The molecule has 0 unspecified atom stereocenters. The summed E-state index contributed by atoms with van der Waals surface area (Å²) in [4.78, 5) is 29.4. The summed E-state index contributed by atoms with van der Waals surface area (Å²) in [5, 5.41) is 0.788. The van der Waals surface area contributed by atoms with Gasteiger partial charge in [0.05, 0.1) is 21.2 Å². The van der Waals surface area contributed by atoms with Crippen LogP contribution in [0.2, 0.25) is 10.0 Å². The second kappa shape index (κ2) is 8.31. The van der Waals surface area contributed by atoms with Crippen LogP contribution in [0, 0.1) is 13.8 Å². The van der Waals surface area contributed by atoms with Gasteiger partial charge in [0.25, 0.3) is 11.8 Å². The van der Waals surface area contributed by atoms with E-state index in [1.54, 1.807) is 24.3 Å². The Bertz CT molecular complexity index is 1210. The van der Waals surface area contributed by atoms with Gasteiger partial charge in [-0.05, 0) is 61.4 Å². The van der Waals surface area contributed by atoms with Crippen molar-refractivity contribution in [2.45, 2.75) is 18.7 Å². The van der Waals surface area contributed by atoms with Crippen molar-refractivity contribution in [2.24, 2.45) is 0 Å². The molecule has 4 rings (SSSR count). The average molecular weight is 454 g/mol. The molecule has 0 bridgehead atoms. The molecule has 0 saturated carbocycles. The Labute approximate surface area is 189 Å². The molecule has 0 N–H and O–H groups in total. The van der Waals surface area contributed by atoms with Crippen LogP contribution < -0.4 is 4.90 Å². The normalized spacial score (nSPS) is 14.1. The number of nitrogens with zero attached hydrogens (tertiary/aromatic N) is 1. The van der Waals surface area contributed by atoms with Gasteiger partial charge in [-0.25, -0.2) is 4.90 Å². The maximum Gasteiger partial charge on any atom is 0.272 e. The summed E-state index contributed by atoms with van der Waals surface area (Å²) in [5.74, 6) is -0.760. The van der Waals surface area contributed by atoms with E-state index < -0.39 is 5.91 Å². The van der Waals surface area contributed by atoms with Crippen LogP contribution in [0.3, 0.4) is 0 Å². The fourth-order valence-corrected chi connectivity index (χ4v) is 4.75. The number of halogens is 2. The second-order valence-electron chi connectivity index (χ2n) is 6.96. The lowest BCUT2D eigenvalue weighted by Gasteiger charge is -2.16. The van der Waals surface area contributed by atoms with E-state index in [1.165, 1.54) is 16.7 Å². The Kier molecular flexibility index (Phi) is 5.74. The van der Waals surface area contributed by atoms with Gasteiger partial charge in [0.2, 0.25) is 0 Å². The summed E-state index contributed by atoms with van der Waals surface area (Å²) in [5.41, 5.74) is 3.41. The fraction of sp³-hybridized carbons (Fsp3) is 0.0833. The number of amides is 2. The van der Waals surface area contributed by atoms with Gasteiger partial charge in [-0.1, -0.05) is 65.3 Å². The maximum atomic E-state index is 13.5. The molecular formula is C24H17Cl2NO2S. The molecule has 0 spiro atoms. The van der Waals surface area contributed by atoms with Gasteiger partial charge in [-0.3, -0.25) is 9.59 Å². The first-order valence-corrected chi connectivity index (χ1v) is 10.8. The van der Waals surface area contributed by atoms with Gasteiger partial charge in [-0.2, -0.15) is 0 Å². The predicted molar refractivity (Wildman–Crippen MR) is 124 cm³/mol. The van der Waals surface area contributed by atoms with Crippen molar-refractivity contribution in [1.29, 1.82) is 0 Å². The predicted octanol–water partition coefficient (Wildman–Crippen LogP) is 6.69. The van der Waals surface area contributed by atoms with Crippen LogP contribution in [0.25, 0.3) is 5.57 Å². The molecule has 0 atom stereocenters. The van der Waals surface area contributed by atoms with Crippen LogP contribution in [0.4, 0.5) is 5.69 Å². The van der Waals surface area contributed by atoms with Gasteiger partial charge >= 0.3 is 0 Å². The maximum absolute atomic E-state index is 13.5. The number of benzene rings is 3. The van der Waals surface area contributed by atoms with Gasteiger partial charge in [0, 0.05) is 15.5 Å². The number of anilines is 1. The van der Waals surface area contributed by atoms with Crippen LogP contribution in [0.15, 0.2) is 76.5 Å². The Morgan fingerprint density at radius 2 is 1.53 bits per heavy atom. The zero-order chi connectivity index (χ0) is 21.4. The van der Waals surface area contributed by atoms with E-state index in [-0.39, 0.29) is 11.5 Å². The molecule has 0 saturated heterocycles. The van der Waals surface area contributed by atoms with Gasteiger partial charge in [0.1, 0.15) is 0 Å². The van der Waals surface area contributed by atoms with Crippen LogP contribution in [-0.2, 0) is 9.59 Å². The zero-order valence-electron chi connectivity index (χ0n) is 16.3. The van der Waals surface area contributed by atoms with Crippen LogP contribution >= 0.6 is 35.0 Å². The minimum Gasteiger partial charge on any atom is -0.268 e. The first kappa shape index (κ1) is 20.7. The monoisotopic (exact) mass is 453 g/mol. The summed E-state index contributed by atoms with van der Waals surface area (Å²) in [6, 6.07) is 19.9. The topological polar surface area (TPSA) is 37.4 Å². The molecule has 0 aromatic heterocycles. The highest BCUT2D eigenvalue weighted by Crippen LogP contribution is 2.43. The molecule has 0 fully saturated rings. The van der Waals surface area contributed by atoms with Crippen LogP contribution in [-0.4, -0.2) is 11.8 Å². The molecule has 150 valence electrons. The highest BCUT2D eigenvalue weighted by Gasteiger charge is 2.41. The van der Waals surface area contributed by atoms with E-state index in [0.717, 1.165) is 16.0 Å². The molecule has 1 aliphatic rings. The zero-order valence-corrected chi connectivity index (χ0v) is 18.6. The van der Waals surface area contributed by atoms with E-state index >= 15 is 0 Å². The minimum absolute atomic E-state index is 0.286. The number of aryl methyl sites for hydroxylation is 2. The summed E-state index contributed by atoms with van der Waals surface area (Å²) in [6.45, 7) is 3.94. The van der Waals surface area contributed by atoms with E-state index in [4.69, 9.17) is 23.2 Å². The summed E-state index contributed by atoms with van der Waals surface area (Å²) < 4.78 is 0. The minimum atomic E-state index is -0.397. The highest BCUT2D eigenvalue weighted by atomic mass is 35.5. The molecule has 3 aromatic rings. The van der Waals surface area contributed by atoms with E-state index in [9.17, 15) is 9.59 Å². The third-order valence-corrected chi connectivity index (χ3v) is 6.59. The Morgan fingerprint density at radius 3 is 2.20 bits per heavy atom. The van der Waals surface area contributed by atoms with E-state index in [2.05, 4.69) is 0 Å². The van der Waals surface area contributed by atoms with Gasteiger partial charge < -0.3 is 0 Å². The number of thioether (sulfide) groups is 1. The average Bonchev–Trinajstić information content (AvgIpc) is 2.95. The summed E-state index contributed by atoms with van der Waals surface area (Å²) >= 11 is 13.7.